The lowest BCUT2D eigenvalue weighted by Gasteiger charge is -2.30. The van der Waals surface area contributed by atoms with Crippen molar-refractivity contribution in [2.75, 3.05) is 0 Å². The van der Waals surface area contributed by atoms with Gasteiger partial charge in [-0.1, -0.05) is 61.5 Å². The van der Waals surface area contributed by atoms with Crippen molar-refractivity contribution in [2.24, 2.45) is 11.1 Å². The van der Waals surface area contributed by atoms with Gasteiger partial charge in [0.15, 0.2) is 11.5 Å². The molecule has 2 aromatic carbocycles. The van der Waals surface area contributed by atoms with E-state index in [0.717, 1.165) is 21.5 Å². The zero-order valence-electron chi connectivity index (χ0n) is 23.7. The van der Waals surface area contributed by atoms with Crippen molar-refractivity contribution in [3.63, 3.8) is 0 Å². The molecule has 4 aromatic rings. The van der Waals surface area contributed by atoms with E-state index >= 15 is 0 Å². The minimum atomic E-state index is -4.79. The van der Waals surface area contributed by atoms with Gasteiger partial charge in [0, 0.05) is 23.9 Å². The fourth-order valence-corrected chi connectivity index (χ4v) is 5.10. The van der Waals surface area contributed by atoms with Gasteiger partial charge in [-0.05, 0) is 29.7 Å². The summed E-state index contributed by atoms with van der Waals surface area (Å²) < 4.78 is 41.6. The van der Waals surface area contributed by atoms with Crippen molar-refractivity contribution >= 4 is 34.1 Å². The highest BCUT2D eigenvalue weighted by Crippen LogP contribution is 2.35. The minimum absolute atomic E-state index is 0.0127. The predicted octanol–water partition coefficient (Wildman–Crippen LogP) is 4.73. The number of fused-ring (bicyclic) bond motifs is 1. The summed E-state index contributed by atoms with van der Waals surface area (Å²) in [6, 6.07) is 16.4. The number of hydrogen-bond acceptors (Lipinski definition) is 7. The number of pyridine rings is 1. The molecular weight excluding hydrogens is 579 g/mol. The quantitative estimate of drug-likeness (QED) is 0.266. The Balaban J connectivity index is 1.41. The second-order valence-electron chi connectivity index (χ2n) is 10.8. The molecular formula is C31H28F3N5O5. The number of carbonyl (C=O) groups is 3. The van der Waals surface area contributed by atoms with Gasteiger partial charge in [0.2, 0.25) is 5.60 Å². The number of alkyl halides is 3. The number of carbonyl (C=O) groups excluding carboxylic acids is 2. The van der Waals surface area contributed by atoms with E-state index in [1.54, 1.807) is 38.2 Å². The van der Waals surface area contributed by atoms with E-state index in [-0.39, 0.29) is 17.8 Å². The Bertz CT molecular complexity index is 1750. The number of para-hydroxylation sites is 1. The number of carboxylic acids is 1. The summed E-state index contributed by atoms with van der Waals surface area (Å²) in [5, 5.41) is 21.6. The van der Waals surface area contributed by atoms with Gasteiger partial charge in [-0.15, -0.1) is 0 Å². The summed E-state index contributed by atoms with van der Waals surface area (Å²) in [5.41, 5.74) is -1.74. The van der Waals surface area contributed by atoms with E-state index in [0.29, 0.717) is 11.4 Å². The highest BCUT2D eigenvalue weighted by atomic mass is 19.4. The molecule has 13 heteroatoms. The largest absolute Gasteiger partial charge is 0.481 e. The number of rotatable bonds is 10. The van der Waals surface area contributed by atoms with E-state index in [4.69, 9.17) is 4.84 Å². The molecule has 0 unspecified atom stereocenters. The van der Waals surface area contributed by atoms with Gasteiger partial charge in [-0.3, -0.25) is 19.4 Å². The normalized spacial score (nSPS) is 17.3. The highest BCUT2D eigenvalue weighted by molar-refractivity contribution is 6.12. The van der Waals surface area contributed by atoms with Gasteiger partial charge in [0.1, 0.15) is 5.71 Å². The van der Waals surface area contributed by atoms with E-state index in [1.165, 1.54) is 12.1 Å². The average Bonchev–Trinajstić information content (AvgIpc) is 3.63. The Labute approximate surface area is 249 Å². The summed E-state index contributed by atoms with van der Waals surface area (Å²) in [5.74, 6) is -3.47. The van der Waals surface area contributed by atoms with Crippen molar-refractivity contribution in [1.82, 2.24) is 20.1 Å². The summed E-state index contributed by atoms with van der Waals surface area (Å²) in [6.45, 7) is 3.44. The van der Waals surface area contributed by atoms with Crippen LogP contribution in [0.2, 0.25) is 0 Å². The van der Waals surface area contributed by atoms with Crippen LogP contribution in [0.25, 0.3) is 16.5 Å². The zero-order chi connectivity index (χ0) is 31.6. The molecule has 0 saturated heterocycles. The van der Waals surface area contributed by atoms with Crippen molar-refractivity contribution < 1.29 is 37.5 Å². The van der Waals surface area contributed by atoms with Crippen LogP contribution in [0.4, 0.5) is 13.2 Å². The van der Waals surface area contributed by atoms with Crippen LogP contribution in [0.15, 0.2) is 78.1 Å². The Kier molecular flexibility index (Phi) is 8.22. The van der Waals surface area contributed by atoms with Crippen LogP contribution in [0.1, 0.15) is 43.8 Å². The molecule has 0 radical (unpaired) electrons. The lowest BCUT2D eigenvalue weighted by molar-refractivity contribution is -0.152. The number of ketones is 1. The summed E-state index contributed by atoms with van der Waals surface area (Å²) in [6.07, 6.45) is -4.62. The van der Waals surface area contributed by atoms with E-state index in [1.807, 2.05) is 30.3 Å². The monoisotopic (exact) mass is 607 g/mol. The van der Waals surface area contributed by atoms with Crippen molar-refractivity contribution in [3.05, 3.63) is 90.0 Å². The molecule has 0 saturated carbocycles. The van der Waals surface area contributed by atoms with Gasteiger partial charge >= 0.3 is 12.1 Å². The number of Topliss-reactive ketones (excluding diaryl/α,β-unsaturated/α-hetero) is 1. The van der Waals surface area contributed by atoms with E-state index in [9.17, 15) is 32.7 Å². The van der Waals surface area contributed by atoms with Gasteiger partial charge in [0.25, 0.3) is 5.91 Å². The topological polar surface area (TPSA) is 136 Å². The fourth-order valence-electron chi connectivity index (χ4n) is 5.10. The first-order valence-corrected chi connectivity index (χ1v) is 13.7. The smallest absolute Gasteiger partial charge is 0.435 e. The number of nitrogens with one attached hydrogen (secondary N) is 1. The summed E-state index contributed by atoms with van der Waals surface area (Å²) >= 11 is 0. The first-order valence-electron chi connectivity index (χ1n) is 13.7. The molecule has 0 fully saturated rings. The Morgan fingerprint density at radius 3 is 2.45 bits per heavy atom. The molecule has 228 valence electrons. The Hall–Kier alpha value is -5.07. The number of benzene rings is 2. The maximum atomic E-state index is 13.8. The van der Waals surface area contributed by atoms with Gasteiger partial charge in [-0.2, -0.15) is 18.3 Å². The second kappa shape index (κ2) is 11.9. The average molecular weight is 608 g/mol. The van der Waals surface area contributed by atoms with Crippen LogP contribution in [0.3, 0.4) is 0 Å². The second-order valence-corrected chi connectivity index (χ2v) is 10.8. The third-order valence-corrected chi connectivity index (χ3v) is 7.52. The predicted molar refractivity (Wildman–Crippen MR) is 153 cm³/mol. The molecule has 3 heterocycles. The van der Waals surface area contributed by atoms with Gasteiger partial charge in [0.05, 0.1) is 36.0 Å². The zero-order valence-corrected chi connectivity index (χ0v) is 23.7. The number of aliphatic carboxylic acids is 1. The first-order chi connectivity index (χ1) is 20.9. The maximum Gasteiger partial charge on any atom is 0.435 e. The van der Waals surface area contributed by atoms with Crippen LogP contribution in [0.5, 0.6) is 0 Å². The third-order valence-electron chi connectivity index (χ3n) is 7.52. The van der Waals surface area contributed by atoms with Crippen LogP contribution >= 0.6 is 0 Å². The molecule has 5 rings (SSSR count). The van der Waals surface area contributed by atoms with Crippen molar-refractivity contribution in [1.29, 1.82) is 0 Å². The van der Waals surface area contributed by atoms with Gasteiger partial charge in [-0.25, -0.2) is 4.68 Å². The third kappa shape index (κ3) is 6.03. The number of hydrogen-bond donors (Lipinski definition) is 2. The standard InChI is InChI=1S/C31H28F3N5O5/c1-18(2)30(17-24(38-44-30)28-22-11-7-6-8-19(22)12-13-35-28)29(43)36-23(16-27(41)42)25(40)14-21-15-26(31(32,33)34)37-39(21)20-9-4-3-5-10-20/h3-13,15,18,23H,14,16-17H2,1-2H3,(H,36,43)(H,41,42)/t23-,30+/m0/s1. The number of nitrogens with zero attached hydrogens (tertiary/aromatic N) is 4. The molecule has 1 aliphatic rings. The molecule has 0 aliphatic carbocycles. The summed E-state index contributed by atoms with van der Waals surface area (Å²) in [7, 11) is 0. The number of aromatic nitrogens is 3. The fraction of sp³-hybridized carbons (Fsp3) is 0.290. The Morgan fingerprint density at radius 1 is 1.07 bits per heavy atom. The highest BCUT2D eigenvalue weighted by Gasteiger charge is 2.51. The van der Waals surface area contributed by atoms with Crippen LogP contribution < -0.4 is 5.32 Å². The number of amides is 1. The molecule has 0 spiro atoms. The minimum Gasteiger partial charge on any atom is -0.481 e. The first kappa shape index (κ1) is 30.4. The van der Waals surface area contributed by atoms with Crippen molar-refractivity contribution in [2.45, 2.75) is 50.9 Å². The molecule has 44 heavy (non-hydrogen) atoms. The lowest BCUT2D eigenvalue weighted by Crippen LogP contribution is -2.55. The van der Waals surface area contributed by atoms with E-state index in [2.05, 4.69) is 20.6 Å². The van der Waals surface area contributed by atoms with Gasteiger partial charge < -0.3 is 15.3 Å². The van der Waals surface area contributed by atoms with Crippen LogP contribution in [-0.2, 0) is 31.8 Å². The molecule has 2 N–H and O–H groups in total. The molecule has 2 atom stereocenters. The Morgan fingerprint density at radius 2 is 1.77 bits per heavy atom. The SMILES string of the molecule is CC(C)[C@@]1(C(=O)N[C@@H](CC(=O)O)C(=O)Cc2cc(C(F)(F)F)nn2-c2ccccc2)CC(c2nccc3ccccc23)=NO1. The number of halogens is 3. The number of carboxylic acid groups (broad SMARTS) is 1. The molecule has 2 aromatic heterocycles. The lowest BCUT2D eigenvalue weighted by atomic mass is 9.83. The maximum absolute atomic E-state index is 13.8. The van der Waals surface area contributed by atoms with E-state index < -0.39 is 59.9 Å². The molecule has 1 amide bonds. The van der Waals surface area contributed by atoms with Crippen LogP contribution in [-0.4, -0.2) is 54.9 Å². The summed E-state index contributed by atoms with van der Waals surface area (Å²) in [4.78, 5) is 49.2. The molecule has 1 aliphatic heterocycles. The van der Waals surface area contributed by atoms with Crippen molar-refractivity contribution in [3.8, 4) is 5.69 Å². The molecule has 10 nitrogen and oxygen atoms in total. The van der Waals surface area contributed by atoms with Crippen LogP contribution in [0, 0.1) is 5.92 Å². The number of oxime groups is 1. The molecule has 0 bridgehead atoms.